The van der Waals surface area contributed by atoms with Crippen molar-refractivity contribution in [2.45, 2.75) is 38.8 Å². The predicted molar refractivity (Wildman–Crippen MR) is 66.9 cm³/mol. The summed E-state index contributed by atoms with van der Waals surface area (Å²) >= 11 is 1.60. The van der Waals surface area contributed by atoms with E-state index >= 15 is 0 Å². The molecular formula is C11H19N3OS. The van der Waals surface area contributed by atoms with E-state index in [0.29, 0.717) is 0 Å². The van der Waals surface area contributed by atoms with Crippen LogP contribution in [0.3, 0.4) is 0 Å². The number of aryl methyl sites for hydroxylation is 1. The fraction of sp³-hybridized carbons (Fsp3) is 0.636. The number of nitrogens with two attached hydrogens (primary N) is 1. The highest BCUT2D eigenvalue weighted by Crippen LogP contribution is 2.25. The van der Waals surface area contributed by atoms with Gasteiger partial charge in [-0.25, -0.2) is 4.98 Å². The second-order valence-electron chi connectivity index (χ2n) is 4.50. The number of aromatic nitrogens is 1. The average Bonchev–Trinajstić information content (AvgIpc) is 2.59. The Labute approximate surface area is 101 Å². The quantitative estimate of drug-likeness (QED) is 0.347. The Hall–Kier alpha value is -0.970. The summed E-state index contributed by atoms with van der Waals surface area (Å²) in [7, 11) is 0. The maximum absolute atomic E-state index is 7.44. The Morgan fingerprint density at radius 1 is 1.62 bits per heavy atom. The first-order valence-electron chi connectivity index (χ1n) is 5.31. The third-order valence-electron chi connectivity index (χ3n) is 2.50. The van der Waals surface area contributed by atoms with E-state index in [1.54, 1.807) is 18.0 Å². The topological polar surface area (TPSA) is 75.9 Å². The summed E-state index contributed by atoms with van der Waals surface area (Å²) in [6.07, 6.45) is 3.57. The summed E-state index contributed by atoms with van der Waals surface area (Å²) in [5.74, 6) is 1.20. The number of nitrogens with one attached hydrogen (secondary N) is 1. The fourth-order valence-corrected chi connectivity index (χ4v) is 1.99. The maximum Gasteiger partial charge on any atom is 0.255 e. The van der Waals surface area contributed by atoms with Crippen LogP contribution in [0.15, 0.2) is 15.9 Å². The molecule has 3 N–H and O–H groups in total. The molecule has 5 heteroatoms. The molecule has 90 valence electrons. The Balaban J connectivity index is 2.24. The summed E-state index contributed by atoms with van der Waals surface area (Å²) in [5, 5.41) is 8.16. The normalized spacial score (nSPS) is 11.7. The Kier molecular flexibility index (Phi) is 4.41. The zero-order valence-electron chi connectivity index (χ0n) is 10.0. The molecule has 1 aromatic rings. The first kappa shape index (κ1) is 13.1. The van der Waals surface area contributed by atoms with Gasteiger partial charge in [0.25, 0.3) is 5.22 Å². The molecule has 4 nitrogen and oxygen atoms in total. The third-order valence-corrected chi connectivity index (χ3v) is 3.43. The highest BCUT2D eigenvalue weighted by Gasteiger charge is 2.20. The molecule has 0 aliphatic heterocycles. The summed E-state index contributed by atoms with van der Waals surface area (Å²) in [5.41, 5.74) is 6.22. The smallest absolute Gasteiger partial charge is 0.255 e. The first-order chi connectivity index (χ1) is 7.42. The van der Waals surface area contributed by atoms with Crippen LogP contribution >= 0.6 is 11.8 Å². The van der Waals surface area contributed by atoms with Crippen molar-refractivity contribution >= 4 is 17.6 Å². The van der Waals surface area contributed by atoms with Crippen LogP contribution in [0.25, 0.3) is 0 Å². The lowest BCUT2D eigenvalue weighted by molar-refractivity contribution is 0.450. The van der Waals surface area contributed by atoms with Crippen molar-refractivity contribution < 1.29 is 4.42 Å². The zero-order chi connectivity index (χ0) is 12.2. The second-order valence-corrected chi connectivity index (χ2v) is 5.55. The minimum absolute atomic E-state index is 0.201. The summed E-state index contributed by atoms with van der Waals surface area (Å²) in [6.45, 7) is 5.90. The molecule has 0 spiro atoms. The van der Waals surface area contributed by atoms with Crippen molar-refractivity contribution in [3.05, 3.63) is 12.0 Å². The van der Waals surface area contributed by atoms with Gasteiger partial charge in [-0.1, -0.05) is 25.6 Å². The lowest BCUT2D eigenvalue weighted by Gasteiger charge is -2.22. The lowest BCUT2D eigenvalue weighted by Crippen LogP contribution is -2.30. The van der Waals surface area contributed by atoms with Gasteiger partial charge >= 0.3 is 0 Å². The Morgan fingerprint density at radius 2 is 2.31 bits per heavy atom. The van der Waals surface area contributed by atoms with Crippen LogP contribution in [0.5, 0.6) is 0 Å². The van der Waals surface area contributed by atoms with Gasteiger partial charge in [-0.3, -0.25) is 5.41 Å². The molecule has 0 saturated carbocycles. The zero-order valence-corrected chi connectivity index (χ0v) is 10.9. The van der Waals surface area contributed by atoms with E-state index < -0.39 is 0 Å². The van der Waals surface area contributed by atoms with Gasteiger partial charge in [-0.15, -0.1) is 0 Å². The number of hydrogen-bond acceptors (Lipinski definition) is 4. The largest absolute Gasteiger partial charge is 0.440 e. The van der Waals surface area contributed by atoms with Gasteiger partial charge in [0.05, 0.1) is 11.5 Å². The average molecular weight is 241 g/mol. The molecule has 1 rings (SSSR count). The van der Waals surface area contributed by atoms with Gasteiger partial charge in [0.1, 0.15) is 6.26 Å². The highest BCUT2D eigenvalue weighted by molar-refractivity contribution is 7.99. The summed E-state index contributed by atoms with van der Waals surface area (Å²) < 4.78 is 5.23. The maximum atomic E-state index is 7.44. The number of amidine groups is 1. The minimum Gasteiger partial charge on any atom is -0.440 e. The van der Waals surface area contributed by atoms with E-state index in [-0.39, 0.29) is 11.3 Å². The molecular weight excluding hydrogens is 222 g/mol. The number of nitrogens with zero attached hydrogens (tertiary/aromatic N) is 1. The SMILES string of the molecule is Cc1coc(SCCCC(C)(C)C(=N)N)n1. The van der Waals surface area contributed by atoms with Gasteiger partial charge < -0.3 is 10.2 Å². The molecule has 0 bridgehead atoms. The van der Waals surface area contributed by atoms with Crippen LogP contribution < -0.4 is 5.73 Å². The molecule has 1 aromatic heterocycles. The minimum atomic E-state index is -0.201. The van der Waals surface area contributed by atoms with Crippen molar-refractivity contribution in [2.24, 2.45) is 11.1 Å². The number of hydrogen-bond donors (Lipinski definition) is 2. The monoisotopic (exact) mass is 241 g/mol. The van der Waals surface area contributed by atoms with E-state index in [4.69, 9.17) is 15.6 Å². The van der Waals surface area contributed by atoms with E-state index in [1.807, 2.05) is 20.8 Å². The van der Waals surface area contributed by atoms with Crippen molar-refractivity contribution in [2.75, 3.05) is 5.75 Å². The standard InChI is InChI=1S/C11H19N3OS/c1-8-7-15-10(14-8)16-6-4-5-11(2,3)9(12)13/h7H,4-6H2,1-3H3,(H3,12,13). The van der Waals surface area contributed by atoms with Crippen LogP contribution in [-0.2, 0) is 0 Å². The molecule has 0 atom stereocenters. The Bertz CT molecular complexity index is 360. The summed E-state index contributed by atoms with van der Waals surface area (Å²) in [6, 6.07) is 0. The lowest BCUT2D eigenvalue weighted by atomic mass is 9.87. The van der Waals surface area contributed by atoms with Gasteiger partial charge in [0.2, 0.25) is 0 Å². The van der Waals surface area contributed by atoms with Gasteiger partial charge in [-0.2, -0.15) is 0 Å². The molecule has 0 fully saturated rings. The third kappa shape index (κ3) is 3.89. The number of thioether (sulfide) groups is 1. The number of oxazole rings is 1. The molecule has 0 aromatic carbocycles. The molecule has 0 saturated heterocycles. The van der Waals surface area contributed by atoms with E-state index in [0.717, 1.165) is 29.5 Å². The van der Waals surface area contributed by atoms with Crippen molar-refractivity contribution in [1.29, 1.82) is 5.41 Å². The fourth-order valence-electron chi connectivity index (χ4n) is 1.21. The van der Waals surface area contributed by atoms with Gasteiger partial charge in [0, 0.05) is 11.2 Å². The number of rotatable bonds is 6. The highest BCUT2D eigenvalue weighted by atomic mass is 32.2. The van der Waals surface area contributed by atoms with Gasteiger partial charge in [0.15, 0.2) is 0 Å². The molecule has 0 aliphatic carbocycles. The van der Waals surface area contributed by atoms with Crippen LogP contribution in [-0.4, -0.2) is 16.6 Å². The van der Waals surface area contributed by atoms with Crippen molar-refractivity contribution in [1.82, 2.24) is 4.98 Å². The van der Waals surface area contributed by atoms with Crippen molar-refractivity contribution in [3.8, 4) is 0 Å². The molecule has 0 unspecified atom stereocenters. The first-order valence-corrected chi connectivity index (χ1v) is 6.30. The van der Waals surface area contributed by atoms with Crippen LogP contribution in [0.4, 0.5) is 0 Å². The van der Waals surface area contributed by atoms with E-state index in [2.05, 4.69) is 4.98 Å². The van der Waals surface area contributed by atoms with E-state index in [9.17, 15) is 0 Å². The molecule has 0 aliphatic rings. The molecule has 1 heterocycles. The molecule has 0 amide bonds. The van der Waals surface area contributed by atoms with Crippen LogP contribution in [0.2, 0.25) is 0 Å². The van der Waals surface area contributed by atoms with E-state index in [1.165, 1.54) is 0 Å². The van der Waals surface area contributed by atoms with Crippen LogP contribution in [0.1, 0.15) is 32.4 Å². The van der Waals surface area contributed by atoms with Gasteiger partial charge in [-0.05, 0) is 19.8 Å². The second kappa shape index (κ2) is 5.39. The molecule has 16 heavy (non-hydrogen) atoms. The Morgan fingerprint density at radius 3 is 2.81 bits per heavy atom. The summed E-state index contributed by atoms with van der Waals surface area (Å²) in [4.78, 5) is 4.21. The van der Waals surface area contributed by atoms with Crippen molar-refractivity contribution in [3.63, 3.8) is 0 Å². The van der Waals surface area contributed by atoms with Crippen LogP contribution in [0, 0.1) is 17.7 Å². The predicted octanol–water partition coefficient (Wildman–Crippen LogP) is 2.82. The molecule has 0 radical (unpaired) electrons.